The lowest BCUT2D eigenvalue weighted by molar-refractivity contribution is 0.101. The fourth-order valence-electron chi connectivity index (χ4n) is 3.87. The van der Waals surface area contributed by atoms with Crippen LogP contribution in [0.1, 0.15) is 22.8 Å². The van der Waals surface area contributed by atoms with Crippen molar-refractivity contribution in [3.8, 4) is 17.2 Å². The topological polar surface area (TPSA) is 65.1 Å². The van der Waals surface area contributed by atoms with Gasteiger partial charge in [0.25, 0.3) is 0 Å². The third-order valence-corrected chi connectivity index (χ3v) is 5.55. The van der Waals surface area contributed by atoms with Crippen molar-refractivity contribution in [3.63, 3.8) is 0 Å². The van der Waals surface area contributed by atoms with E-state index in [1.807, 2.05) is 91.9 Å². The summed E-state index contributed by atoms with van der Waals surface area (Å²) in [5.74, 6) is 1.34. The molecule has 0 unspecified atom stereocenters. The third-order valence-electron chi connectivity index (χ3n) is 5.55. The van der Waals surface area contributed by atoms with Crippen molar-refractivity contribution < 1.29 is 23.8 Å². The molecule has 0 radical (unpaired) electrons. The summed E-state index contributed by atoms with van der Waals surface area (Å²) in [6.07, 6.45) is 1.10. The molecule has 0 N–H and O–H groups in total. The van der Waals surface area contributed by atoms with Crippen LogP contribution in [0.4, 0.5) is 16.2 Å². The van der Waals surface area contributed by atoms with Crippen LogP contribution in [0.3, 0.4) is 0 Å². The molecular weight excluding hydrogens is 454 g/mol. The molecule has 0 saturated carbocycles. The number of hydrogen-bond acceptors (Lipinski definition) is 5. The van der Waals surface area contributed by atoms with E-state index < -0.39 is 6.09 Å². The van der Waals surface area contributed by atoms with E-state index in [1.165, 1.54) is 4.90 Å². The highest BCUT2D eigenvalue weighted by molar-refractivity contribution is 6.14. The molecule has 1 heterocycles. The van der Waals surface area contributed by atoms with Gasteiger partial charge in [-0.15, -0.1) is 0 Å². The molecular formula is C30H23NO5. The van der Waals surface area contributed by atoms with Crippen LogP contribution < -0.4 is 19.1 Å². The van der Waals surface area contributed by atoms with Gasteiger partial charge < -0.3 is 14.2 Å². The number of fused-ring (bicyclic) bond motifs is 1. The minimum Gasteiger partial charge on any atom is -0.494 e. The number of hydrogen-bond donors (Lipinski definition) is 0. The third kappa shape index (κ3) is 4.83. The number of Topliss-reactive ketones (excluding diaryl/α,β-unsaturated/α-hetero) is 1. The molecule has 6 heteroatoms. The molecule has 4 aromatic rings. The van der Waals surface area contributed by atoms with Crippen molar-refractivity contribution in [1.29, 1.82) is 0 Å². The van der Waals surface area contributed by atoms with Gasteiger partial charge in [0.2, 0.25) is 5.78 Å². The van der Waals surface area contributed by atoms with E-state index >= 15 is 0 Å². The maximum absolute atomic E-state index is 13.2. The van der Waals surface area contributed by atoms with Crippen LogP contribution in [0.25, 0.3) is 6.08 Å². The first-order valence-corrected chi connectivity index (χ1v) is 11.6. The predicted molar refractivity (Wildman–Crippen MR) is 138 cm³/mol. The van der Waals surface area contributed by atoms with Gasteiger partial charge in [0.05, 0.1) is 23.5 Å². The average Bonchev–Trinajstić information content (AvgIpc) is 3.21. The second-order valence-corrected chi connectivity index (χ2v) is 7.97. The number of para-hydroxylation sites is 2. The normalized spacial score (nSPS) is 13.1. The Hall–Kier alpha value is -4.84. The number of nitrogens with zero attached hydrogens (tertiary/aromatic N) is 1. The molecule has 1 aliphatic heterocycles. The molecule has 0 atom stereocenters. The Balaban J connectivity index is 1.36. The van der Waals surface area contributed by atoms with Crippen LogP contribution in [-0.2, 0) is 0 Å². The van der Waals surface area contributed by atoms with E-state index in [0.29, 0.717) is 29.3 Å². The van der Waals surface area contributed by atoms with Crippen LogP contribution in [-0.4, -0.2) is 18.5 Å². The lowest BCUT2D eigenvalue weighted by atomic mass is 10.1. The van der Waals surface area contributed by atoms with Crippen LogP contribution in [0.15, 0.2) is 109 Å². The maximum atomic E-state index is 13.2. The molecule has 0 bridgehead atoms. The van der Waals surface area contributed by atoms with Crippen molar-refractivity contribution in [2.45, 2.75) is 6.92 Å². The highest BCUT2D eigenvalue weighted by Gasteiger charge is 2.28. The summed E-state index contributed by atoms with van der Waals surface area (Å²) in [6.45, 7) is 2.50. The van der Waals surface area contributed by atoms with Gasteiger partial charge in [0.1, 0.15) is 17.2 Å². The number of amides is 1. The smallest absolute Gasteiger partial charge is 0.424 e. The van der Waals surface area contributed by atoms with Gasteiger partial charge in [-0.25, -0.2) is 9.69 Å². The zero-order chi connectivity index (χ0) is 24.9. The molecule has 5 rings (SSSR count). The van der Waals surface area contributed by atoms with E-state index in [1.54, 1.807) is 24.3 Å². The van der Waals surface area contributed by atoms with E-state index in [-0.39, 0.29) is 17.3 Å². The molecule has 6 nitrogen and oxygen atoms in total. The minimum atomic E-state index is -0.582. The lowest BCUT2D eigenvalue weighted by Gasteiger charge is -2.22. The Labute approximate surface area is 209 Å². The van der Waals surface area contributed by atoms with Gasteiger partial charge >= 0.3 is 6.09 Å². The van der Waals surface area contributed by atoms with E-state index in [4.69, 9.17) is 14.2 Å². The summed E-state index contributed by atoms with van der Waals surface area (Å²) < 4.78 is 17.0. The summed E-state index contributed by atoms with van der Waals surface area (Å²) in [5, 5.41) is 0. The molecule has 4 aromatic carbocycles. The summed E-state index contributed by atoms with van der Waals surface area (Å²) in [6, 6.07) is 30.6. The largest absolute Gasteiger partial charge is 0.494 e. The molecule has 0 spiro atoms. The molecule has 36 heavy (non-hydrogen) atoms. The standard InChI is InChI=1S/C30H23NO5/c1-2-34-24-15-13-21(14-16-24)19-28-29(32)26-18-17-25(20-27(26)36-28)35-30(33)31(22-9-5-3-6-10-22)23-11-7-4-8-12-23/h3-20H,2H2,1H3/b28-19-. The fraction of sp³-hybridized carbons (Fsp3) is 0.0667. The van der Waals surface area contributed by atoms with Gasteiger partial charge in [-0.1, -0.05) is 48.5 Å². The molecule has 0 fully saturated rings. The lowest BCUT2D eigenvalue weighted by Crippen LogP contribution is -2.29. The van der Waals surface area contributed by atoms with Crippen LogP contribution in [0.5, 0.6) is 17.2 Å². The van der Waals surface area contributed by atoms with Gasteiger partial charge in [0, 0.05) is 6.07 Å². The van der Waals surface area contributed by atoms with Crippen molar-refractivity contribution in [1.82, 2.24) is 0 Å². The van der Waals surface area contributed by atoms with Gasteiger partial charge in [-0.05, 0) is 67.1 Å². The quantitative estimate of drug-likeness (QED) is 0.279. The number of allylic oxidation sites excluding steroid dienone is 1. The van der Waals surface area contributed by atoms with Crippen molar-refractivity contribution >= 4 is 29.3 Å². The highest BCUT2D eigenvalue weighted by Crippen LogP contribution is 2.36. The molecule has 0 saturated heterocycles. The van der Waals surface area contributed by atoms with E-state index in [2.05, 4.69) is 0 Å². The number of ketones is 1. The summed E-state index contributed by atoms with van der Waals surface area (Å²) in [5.41, 5.74) is 2.56. The Morgan fingerprint density at radius 1 is 0.833 bits per heavy atom. The van der Waals surface area contributed by atoms with Crippen LogP contribution in [0, 0.1) is 0 Å². The summed E-state index contributed by atoms with van der Waals surface area (Å²) in [4.78, 5) is 27.6. The number of benzene rings is 4. The van der Waals surface area contributed by atoms with Gasteiger partial charge in [0.15, 0.2) is 5.76 Å². The highest BCUT2D eigenvalue weighted by atomic mass is 16.6. The van der Waals surface area contributed by atoms with Crippen molar-refractivity contribution in [3.05, 3.63) is 120 Å². The second-order valence-electron chi connectivity index (χ2n) is 7.97. The SMILES string of the molecule is CCOc1ccc(/C=C2\Oc3cc(OC(=O)N(c4ccccc4)c4ccccc4)ccc3C2=O)cc1. The molecule has 0 aromatic heterocycles. The number of rotatable bonds is 6. The Morgan fingerprint density at radius 3 is 2.06 bits per heavy atom. The zero-order valence-corrected chi connectivity index (χ0v) is 19.6. The minimum absolute atomic E-state index is 0.202. The van der Waals surface area contributed by atoms with E-state index in [0.717, 1.165) is 11.3 Å². The fourth-order valence-corrected chi connectivity index (χ4v) is 3.87. The monoisotopic (exact) mass is 477 g/mol. The first-order chi connectivity index (χ1) is 17.6. The summed E-state index contributed by atoms with van der Waals surface area (Å²) in [7, 11) is 0. The predicted octanol–water partition coefficient (Wildman–Crippen LogP) is 7.04. The van der Waals surface area contributed by atoms with Gasteiger partial charge in [-0.2, -0.15) is 0 Å². The molecule has 1 aliphatic rings. The Bertz CT molecular complexity index is 1370. The number of carbonyl (C=O) groups is 2. The Kier molecular flexibility index (Phi) is 6.49. The average molecular weight is 478 g/mol. The first kappa shape index (κ1) is 22.9. The molecule has 0 aliphatic carbocycles. The number of ether oxygens (including phenoxy) is 3. The first-order valence-electron chi connectivity index (χ1n) is 11.6. The van der Waals surface area contributed by atoms with E-state index in [9.17, 15) is 9.59 Å². The zero-order valence-electron chi connectivity index (χ0n) is 19.6. The Morgan fingerprint density at radius 2 is 1.44 bits per heavy atom. The number of anilines is 2. The molecule has 1 amide bonds. The van der Waals surface area contributed by atoms with Crippen molar-refractivity contribution in [2.75, 3.05) is 11.5 Å². The van der Waals surface area contributed by atoms with Crippen LogP contribution >= 0.6 is 0 Å². The maximum Gasteiger partial charge on any atom is 0.424 e. The second kappa shape index (κ2) is 10.2. The van der Waals surface area contributed by atoms with Crippen molar-refractivity contribution in [2.24, 2.45) is 0 Å². The van der Waals surface area contributed by atoms with Gasteiger partial charge in [-0.3, -0.25) is 4.79 Å². The number of carbonyl (C=O) groups excluding carboxylic acids is 2. The van der Waals surface area contributed by atoms with Crippen LogP contribution in [0.2, 0.25) is 0 Å². The molecule has 178 valence electrons. The summed E-state index contributed by atoms with van der Waals surface area (Å²) >= 11 is 0.